The Hall–Kier alpha value is -4.69. The van der Waals surface area contributed by atoms with E-state index in [1.165, 1.54) is 6.07 Å². The summed E-state index contributed by atoms with van der Waals surface area (Å²) in [4.78, 5) is 20.3. The van der Waals surface area contributed by atoms with Gasteiger partial charge in [-0.2, -0.15) is 0 Å². The zero-order chi connectivity index (χ0) is 26.4. The van der Waals surface area contributed by atoms with Gasteiger partial charge in [0.1, 0.15) is 11.6 Å². The molecule has 3 aromatic heterocycles. The van der Waals surface area contributed by atoms with Gasteiger partial charge in [0.2, 0.25) is 0 Å². The second-order valence-corrected chi connectivity index (χ2v) is 10.2. The van der Waals surface area contributed by atoms with E-state index in [1.54, 1.807) is 35.6 Å². The van der Waals surface area contributed by atoms with Gasteiger partial charge in [-0.1, -0.05) is 24.3 Å². The molecule has 6 aromatic rings. The molecular weight excluding hydrogens is 497 g/mol. The Morgan fingerprint density at radius 1 is 0.947 bits per heavy atom. The molecule has 0 fully saturated rings. The van der Waals surface area contributed by atoms with Crippen LogP contribution in [0.4, 0.5) is 26.4 Å². The summed E-state index contributed by atoms with van der Waals surface area (Å²) in [5, 5.41) is 9.45. The second-order valence-electron chi connectivity index (χ2n) is 9.30. The van der Waals surface area contributed by atoms with Crippen molar-refractivity contribution in [3.8, 4) is 22.3 Å². The lowest BCUT2D eigenvalue weighted by molar-refractivity contribution is 0.262. The Morgan fingerprint density at radius 2 is 1.74 bits per heavy atom. The minimum Gasteiger partial charge on any atom is -0.383 e. The third-order valence-corrected chi connectivity index (χ3v) is 7.53. The number of halogens is 1. The van der Waals surface area contributed by atoms with Gasteiger partial charge in [0, 0.05) is 49.7 Å². The summed E-state index contributed by atoms with van der Waals surface area (Å²) in [6, 6.07) is 20.0. The predicted molar refractivity (Wildman–Crippen MR) is 155 cm³/mol. The molecule has 0 aliphatic carbocycles. The molecule has 3 heterocycles. The number of anilines is 3. The number of fused-ring (bicyclic) bond motifs is 2. The monoisotopic (exact) mass is 521 g/mol. The highest BCUT2D eigenvalue weighted by Gasteiger charge is 2.16. The Kier molecular flexibility index (Phi) is 5.81. The number of carbonyl (C=O) groups excluding carboxylic acids is 1. The lowest BCUT2D eigenvalue weighted by atomic mass is 10.0. The molecule has 0 spiro atoms. The van der Waals surface area contributed by atoms with Crippen LogP contribution in [0.3, 0.4) is 0 Å². The summed E-state index contributed by atoms with van der Waals surface area (Å²) in [5.41, 5.74) is 14.2. The molecule has 0 atom stereocenters. The minimum atomic E-state index is -0.518. The van der Waals surface area contributed by atoms with E-state index in [1.807, 2.05) is 32.2 Å². The van der Waals surface area contributed by atoms with E-state index in [0.717, 1.165) is 54.5 Å². The fourth-order valence-corrected chi connectivity index (χ4v) is 5.80. The smallest absolute Gasteiger partial charge is 0.323 e. The molecule has 0 bridgehead atoms. The van der Waals surface area contributed by atoms with Crippen LogP contribution in [-0.2, 0) is 0 Å². The van der Waals surface area contributed by atoms with E-state index >= 15 is 0 Å². The number of nitrogens with zero attached hydrogens (tertiary/aromatic N) is 1. The average molecular weight is 522 g/mol. The minimum absolute atomic E-state index is 0.133. The van der Waals surface area contributed by atoms with Gasteiger partial charge in [-0.25, -0.2) is 14.2 Å². The summed E-state index contributed by atoms with van der Waals surface area (Å²) in [7, 11) is 0. The Morgan fingerprint density at radius 3 is 2.55 bits per heavy atom. The normalized spacial score (nSPS) is 11.2. The maximum atomic E-state index is 14.0. The number of rotatable bonds is 4. The van der Waals surface area contributed by atoms with Crippen molar-refractivity contribution in [3.63, 3.8) is 0 Å². The van der Waals surface area contributed by atoms with E-state index in [-0.39, 0.29) is 5.69 Å². The first-order valence-corrected chi connectivity index (χ1v) is 12.9. The number of nitrogen functional groups attached to an aromatic ring is 1. The van der Waals surface area contributed by atoms with Gasteiger partial charge in [-0.3, -0.25) is 0 Å². The van der Waals surface area contributed by atoms with Gasteiger partial charge in [0.15, 0.2) is 0 Å². The van der Waals surface area contributed by atoms with Crippen molar-refractivity contribution in [3.05, 3.63) is 95.4 Å². The Labute approximate surface area is 222 Å². The molecule has 0 aliphatic heterocycles. The third kappa shape index (κ3) is 4.35. The Bertz CT molecular complexity index is 1840. The topological polar surface area (TPSA) is 95.8 Å². The molecule has 8 heteroatoms. The molecule has 3 aromatic carbocycles. The average Bonchev–Trinajstić information content (AvgIpc) is 3.50. The van der Waals surface area contributed by atoms with Crippen LogP contribution in [0.25, 0.3) is 43.2 Å². The standard InChI is InChI=1S/C30H24FN5OS/c1-16-3-9-24(31)26(11-16)36-30(37)35-21-7-4-18(5-8-21)23-15-38-28-22(14-33-29(32)27(23)28)19-6-10-25-20(13-19)12-17(2)34-25/h3-15,34H,1-2H3,(H2,32,33)(H2,35,36,37). The number of urea groups is 1. The first-order chi connectivity index (χ1) is 18.4. The molecule has 0 aliphatic rings. The van der Waals surface area contributed by atoms with Crippen molar-refractivity contribution in [1.82, 2.24) is 9.97 Å². The number of hydrogen-bond acceptors (Lipinski definition) is 4. The molecule has 6 rings (SSSR count). The van der Waals surface area contributed by atoms with Gasteiger partial charge in [-0.05, 0) is 78.4 Å². The number of amides is 2. The molecule has 6 nitrogen and oxygen atoms in total. The quantitative estimate of drug-likeness (QED) is 0.189. The molecule has 2 amide bonds. The van der Waals surface area contributed by atoms with Crippen LogP contribution in [0, 0.1) is 19.7 Å². The maximum absolute atomic E-state index is 14.0. The third-order valence-electron chi connectivity index (χ3n) is 6.51. The maximum Gasteiger partial charge on any atom is 0.323 e. The number of carbonyl (C=O) groups is 1. The predicted octanol–water partition coefficient (Wildman–Crippen LogP) is 8.09. The summed E-state index contributed by atoms with van der Waals surface area (Å²) in [6.45, 7) is 3.88. The van der Waals surface area contributed by atoms with Crippen molar-refractivity contribution in [2.75, 3.05) is 16.4 Å². The number of pyridine rings is 1. The van der Waals surface area contributed by atoms with Crippen LogP contribution in [-0.4, -0.2) is 16.0 Å². The van der Waals surface area contributed by atoms with Gasteiger partial charge in [0.05, 0.1) is 5.69 Å². The first kappa shape index (κ1) is 23.7. The van der Waals surface area contributed by atoms with Gasteiger partial charge < -0.3 is 21.4 Å². The first-order valence-electron chi connectivity index (χ1n) is 12.1. The SMILES string of the molecule is Cc1ccc(F)c(NC(=O)Nc2ccc(-c3csc4c(-c5ccc6[nH]c(C)cc6c5)cnc(N)c34)cc2)c1. The number of aromatic nitrogens is 2. The largest absolute Gasteiger partial charge is 0.383 e. The van der Waals surface area contributed by atoms with Gasteiger partial charge in [-0.15, -0.1) is 11.3 Å². The Balaban J connectivity index is 1.28. The number of nitrogens with one attached hydrogen (secondary N) is 3. The number of benzene rings is 3. The van der Waals surface area contributed by atoms with Crippen LogP contribution in [0.15, 0.2) is 78.3 Å². The molecule has 38 heavy (non-hydrogen) atoms. The fourth-order valence-electron chi connectivity index (χ4n) is 4.68. The van der Waals surface area contributed by atoms with Crippen molar-refractivity contribution in [2.45, 2.75) is 13.8 Å². The van der Waals surface area contributed by atoms with Crippen LogP contribution in [0.2, 0.25) is 0 Å². The van der Waals surface area contributed by atoms with Crippen LogP contribution in [0.1, 0.15) is 11.3 Å². The van der Waals surface area contributed by atoms with E-state index in [4.69, 9.17) is 5.73 Å². The lowest BCUT2D eigenvalue weighted by Crippen LogP contribution is -2.20. The highest BCUT2D eigenvalue weighted by atomic mass is 32.1. The van der Waals surface area contributed by atoms with E-state index in [2.05, 4.69) is 50.2 Å². The zero-order valence-corrected chi connectivity index (χ0v) is 21.5. The number of H-pyrrole nitrogens is 1. The zero-order valence-electron chi connectivity index (χ0n) is 20.7. The number of aromatic amines is 1. The van der Waals surface area contributed by atoms with Crippen molar-refractivity contribution in [2.24, 2.45) is 0 Å². The van der Waals surface area contributed by atoms with Crippen molar-refractivity contribution < 1.29 is 9.18 Å². The molecule has 0 saturated carbocycles. The molecule has 0 unspecified atom stereocenters. The molecule has 0 saturated heterocycles. The highest BCUT2D eigenvalue weighted by molar-refractivity contribution is 7.18. The fraction of sp³-hybridized carbons (Fsp3) is 0.0667. The van der Waals surface area contributed by atoms with Crippen molar-refractivity contribution in [1.29, 1.82) is 0 Å². The second kappa shape index (κ2) is 9.32. The van der Waals surface area contributed by atoms with Gasteiger partial charge >= 0.3 is 6.03 Å². The summed E-state index contributed by atoms with van der Waals surface area (Å²) in [5.74, 6) is -0.0144. The molecule has 188 valence electrons. The van der Waals surface area contributed by atoms with E-state index in [9.17, 15) is 9.18 Å². The lowest BCUT2D eigenvalue weighted by Gasteiger charge is -2.10. The summed E-state index contributed by atoms with van der Waals surface area (Å²) < 4.78 is 15.1. The van der Waals surface area contributed by atoms with Gasteiger partial charge in [0.25, 0.3) is 0 Å². The molecular formula is C30H24FN5OS. The highest BCUT2D eigenvalue weighted by Crippen LogP contribution is 2.42. The van der Waals surface area contributed by atoms with Crippen LogP contribution < -0.4 is 16.4 Å². The number of aryl methyl sites for hydroxylation is 2. The van der Waals surface area contributed by atoms with E-state index < -0.39 is 11.8 Å². The van der Waals surface area contributed by atoms with E-state index in [0.29, 0.717) is 11.5 Å². The summed E-state index contributed by atoms with van der Waals surface area (Å²) >= 11 is 1.63. The van der Waals surface area contributed by atoms with Crippen LogP contribution in [0.5, 0.6) is 0 Å². The summed E-state index contributed by atoms with van der Waals surface area (Å²) in [6.07, 6.45) is 1.83. The molecule has 0 radical (unpaired) electrons. The van der Waals surface area contributed by atoms with Crippen LogP contribution >= 0.6 is 11.3 Å². The molecule has 5 N–H and O–H groups in total. The number of thiophene rings is 1. The van der Waals surface area contributed by atoms with Crippen molar-refractivity contribution >= 4 is 55.5 Å². The number of nitrogens with two attached hydrogens (primary N) is 1. The number of hydrogen-bond donors (Lipinski definition) is 4.